The number of phenolic OH excluding ortho intramolecular Hbond substituents is 1. The Kier molecular flexibility index (Phi) is 3.83. The minimum atomic E-state index is -0.0862. The summed E-state index contributed by atoms with van der Waals surface area (Å²) < 4.78 is 17.7. The van der Waals surface area contributed by atoms with Gasteiger partial charge in [0.15, 0.2) is 0 Å². The van der Waals surface area contributed by atoms with Crippen molar-refractivity contribution >= 4 is 0 Å². The summed E-state index contributed by atoms with van der Waals surface area (Å²) in [6, 6.07) is 9.41. The molecule has 2 atom stereocenters. The fraction of sp³-hybridized carbons (Fsp3) is 0.333. The van der Waals surface area contributed by atoms with Crippen molar-refractivity contribution in [1.82, 2.24) is 0 Å². The zero-order chi connectivity index (χ0) is 17.6. The maximum Gasteiger partial charge on any atom is 0.138 e. The Bertz CT molecular complexity index is 849. The van der Waals surface area contributed by atoms with Crippen molar-refractivity contribution in [2.24, 2.45) is 0 Å². The van der Waals surface area contributed by atoms with Crippen molar-refractivity contribution in [1.29, 1.82) is 0 Å². The first-order valence-corrected chi connectivity index (χ1v) is 8.53. The van der Waals surface area contributed by atoms with Crippen molar-refractivity contribution in [3.05, 3.63) is 58.7 Å². The third-order valence-corrected chi connectivity index (χ3v) is 4.88. The molecule has 4 nitrogen and oxygen atoms in total. The molecule has 2 aromatic carbocycles. The van der Waals surface area contributed by atoms with Gasteiger partial charge in [0.05, 0.1) is 19.6 Å². The average molecular weight is 338 g/mol. The summed E-state index contributed by atoms with van der Waals surface area (Å²) in [5, 5.41) is 9.73. The van der Waals surface area contributed by atoms with Gasteiger partial charge in [-0.2, -0.15) is 0 Å². The smallest absolute Gasteiger partial charge is 0.138 e. The molecule has 1 N–H and O–H groups in total. The van der Waals surface area contributed by atoms with E-state index < -0.39 is 0 Å². The van der Waals surface area contributed by atoms with Gasteiger partial charge >= 0.3 is 0 Å². The third-order valence-electron chi connectivity index (χ3n) is 4.88. The van der Waals surface area contributed by atoms with Crippen LogP contribution in [0.5, 0.6) is 23.0 Å². The van der Waals surface area contributed by atoms with Crippen LogP contribution < -0.4 is 14.2 Å². The molecule has 0 saturated heterocycles. The predicted octanol–water partition coefficient (Wildman–Crippen LogP) is 4.52. The topological polar surface area (TPSA) is 47.9 Å². The molecule has 0 aromatic heterocycles. The predicted molar refractivity (Wildman–Crippen MR) is 95.8 cm³/mol. The Hall–Kier alpha value is -2.62. The maximum absolute atomic E-state index is 9.73. The second-order valence-corrected chi connectivity index (χ2v) is 6.87. The summed E-state index contributed by atoms with van der Waals surface area (Å²) in [6.45, 7) is 4.74. The van der Waals surface area contributed by atoms with Crippen molar-refractivity contribution in [2.75, 3.05) is 13.7 Å². The van der Waals surface area contributed by atoms with Crippen molar-refractivity contribution in [2.45, 2.75) is 32.3 Å². The van der Waals surface area contributed by atoms with E-state index in [2.05, 4.69) is 26.0 Å². The first kappa shape index (κ1) is 15.9. The lowest BCUT2D eigenvalue weighted by Crippen LogP contribution is -2.23. The second kappa shape index (κ2) is 6.03. The highest BCUT2D eigenvalue weighted by atomic mass is 16.5. The Morgan fingerprint density at radius 1 is 1.20 bits per heavy atom. The van der Waals surface area contributed by atoms with E-state index in [9.17, 15) is 5.11 Å². The van der Waals surface area contributed by atoms with Crippen LogP contribution in [0, 0.1) is 0 Å². The molecule has 0 bridgehead atoms. The average Bonchev–Trinajstić information content (AvgIpc) is 2.96. The van der Waals surface area contributed by atoms with Crippen molar-refractivity contribution < 1.29 is 19.3 Å². The number of benzene rings is 2. The van der Waals surface area contributed by atoms with E-state index in [1.807, 2.05) is 12.1 Å². The minimum absolute atomic E-state index is 0.0862. The molecular weight excluding hydrogens is 316 g/mol. The van der Waals surface area contributed by atoms with Crippen LogP contribution in [0.2, 0.25) is 0 Å². The van der Waals surface area contributed by atoms with Crippen LogP contribution in [0.25, 0.3) is 0 Å². The highest BCUT2D eigenvalue weighted by molar-refractivity contribution is 5.54. The molecule has 130 valence electrons. The Morgan fingerprint density at radius 3 is 2.80 bits per heavy atom. The van der Waals surface area contributed by atoms with Gasteiger partial charge in [-0.15, -0.1) is 0 Å². The van der Waals surface area contributed by atoms with Crippen LogP contribution in [-0.2, 0) is 6.42 Å². The molecule has 2 unspecified atom stereocenters. The number of aromatic hydroxyl groups is 1. The van der Waals surface area contributed by atoms with Gasteiger partial charge in [0.1, 0.15) is 29.1 Å². The lowest BCUT2D eigenvalue weighted by molar-refractivity contribution is 0.139. The number of allylic oxidation sites excluding steroid dienone is 2. The molecule has 2 aliphatic rings. The number of ether oxygens (including phenoxy) is 3. The molecule has 0 radical (unpaired) electrons. The molecule has 0 fully saturated rings. The monoisotopic (exact) mass is 338 g/mol. The van der Waals surface area contributed by atoms with Crippen molar-refractivity contribution in [3.63, 3.8) is 0 Å². The lowest BCUT2D eigenvalue weighted by atomic mass is 9.88. The Morgan fingerprint density at radius 2 is 2.04 bits per heavy atom. The van der Waals surface area contributed by atoms with E-state index in [1.54, 1.807) is 19.2 Å². The zero-order valence-electron chi connectivity index (χ0n) is 14.7. The Balaban J connectivity index is 1.75. The van der Waals surface area contributed by atoms with Gasteiger partial charge in [0.2, 0.25) is 0 Å². The molecule has 4 heteroatoms. The lowest BCUT2D eigenvalue weighted by Gasteiger charge is -2.29. The summed E-state index contributed by atoms with van der Waals surface area (Å²) in [7, 11) is 1.68. The Labute approximate surface area is 147 Å². The van der Waals surface area contributed by atoms with Gasteiger partial charge in [-0.3, -0.25) is 0 Å². The van der Waals surface area contributed by atoms with E-state index in [4.69, 9.17) is 14.2 Å². The molecule has 0 aliphatic carbocycles. The number of methoxy groups -OCH3 is 1. The summed E-state index contributed by atoms with van der Waals surface area (Å²) in [5.41, 5.74) is 4.53. The summed E-state index contributed by atoms with van der Waals surface area (Å²) in [6.07, 6.45) is 2.91. The first-order valence-electron chi connectivity index (χ1n) is 8.53. The van der Waals surface area contributed by atoms with E-state index in [-0.39, 0.29) is 17.8 Å². The van der Waals surface area contributed by atoms with Crippen molar-refractivity contribution in [3.8, 4) is 23.0 Å². The maximum atomic E-state index is 9.73. The van der Waals surface area contributed by atoms with Gasteiger partial charge in [-0.25, -0.2) is 0 Å². The summed E-state index contributed by atoms with van der Waals surface area (Å²) in [5.74, 6) is 2.76. The standard InChI is InChI=1S/C21H22O4/c1-12(2)4-5-13-8-16-19(10-18(13)23-3)24-11-17-15-7-6-14(22)9-20(15)25-21(16)17/h4,6-10,17,21-22H,5,11H2,1-3H3. The molecule has 0 saturated carbocycles. The third kappa shape index (κ3) is 2.72. The van der Waals surface area contributed by atoms with E-state index >= 15 is 0 Å². The molecule has 0 amide bonds. The van der Waals surface area contributed by atoms with Crippen LogP contribution >= 0.6 is 0 Å². The van der Waals surface area contributed by atoms with Gasteiger partial charge in [0, 0.05) is 23.3 Å². The number of phenols is 1. The largest absolute Gasteiger partial charge is 0.508 e. The molecule has 0 spiro atoms. The number of hydrogen-bond acceptors (Lipinski definition) is 4. The molecule has 25 heavy (non-hydrogen) atoms. The second-order valence-electron chi connectivity index (χ2n) is 6.87. The zero-order valence-corrected chi connectivity index (χ0v) is 14.7. The summed E-state index contributed by atoms with van der Waals surface area (Å²) >= 11 is 0. The first-order chi connectivity index (χ1) is 12.1. The van der Waals surface area contributed by atoms with Crippen LogP contribution in [0.1, 0.15) is 42.6 Å². The quantitative estimate of drug-likeness (QED) is 0.836. The summed E-state index contributed by atoms with van der Waals surface area (Å²) in [4.78, 5) is 0. The minimum Gasteiger partial charge on any atom is -0.508 e. The highest BCUT2D eigenvalue weighted by Gasteiger charge is 2.41. The van der Waals surface area contributed by atoms with E-state index in [0.29, 0.717) is 6.61 Å². The van der Waals surface area contributed by atoms with Crippen LogP contribution in [-0.4, -0.2) is 18.8 Å². The van der Waals surface area contributed by atoms with Crippen LogP contribution in [0.15, 0.2) is 42.0 Å². The normalized spacial score (nSPS) is 19.8. The number of hydrogen-bond donors (Lipinski definition) is 1. The molecular formula is C21H22O4. The van der Waals surface area contributed by atoms with Gasteiger partial charge < -0.3 is 19.3 Å². The molecule has 4 rings (SSSR count). The van der Waals surface area contributed by atoms with Crippen LogP contribution in [0.3, 0.4) is 0 Å². The van der Waals surface area contributed by atoms with E-state index in [1.165, 1.54) is 5.57 Å². The van der Waals surface area contributed by atoms with Gasteiger partial charge in [0.25, 0.3) is 0 Å². The fourth-order valence-electron chi connectivity index (χ4n) is 3.59. The van der Waals surface area contributed by atoms with Crippen LogP contribution in [0.4, 0.5) is 0 Å². The SMILES string of the molecule is COc1cc2c(cc1CC=C(C)C)C1Oc3cc(O)ccc3C1CO2. The molecule has 2 aromatic rings. The fourth-order valence-corrected chi connectivity index (χ4v) is 3.59. The van der Waals surface area contributed by atoms with Gasteiger partial charge in [-0.05, 0) is 38.0 Å². The van der Waals surface area contributed by atoms with E-state index in [0.717, 1.165) is 40.4 Å². The molecule has 2 heterocycles. The highest BCUT2D eigenvalue weighted by Crippen LogP contribution is 2.52. The number of fused-ring (bicyclic) bond motifs is 5. The van der Waals surface area contributed by atoms with Gasteiger partial charge in [-0.1, -0.05) is 17.7 Å². The number of rotatable bonds is 3. The molecule has 2 aliphatic heterocycles.